The van der Waals surface area contributed by atoms with Gasteiger partial charge in [0.2, 0.25) is 0 Å². The highest BCUT2D eigenvalue weighted by Gasteiger charge is 2.02. The standard InChI is InChI=1S/C18H14/c1-2-3-6-15-18(16-11-7-4-8-12-16)17-13-9-5-10-14-17/h2,4-5,7-14H,1H3. The van der Waals surface area contributed by atoms with Gasteiger partial charge in [0.1, 0.15) is 0 Å². The van der Waals surface area contributed by atoms with E-state index in [9.17, 15) is 0 Å². The van der Waals surface area contributed by atoms with E-state index in [0.29, 0.717) is 0 Å². The Morgan fingerprint density at radius 1 is 0.833 bits per heavy atom. The molecule has 0 bridgehead atoms. The molecule has 0 aromatic heterocycles. The van der Waals surface area contributed by atoms with Crippen LogP contribution in [0.2, 0.25) is 0 Å². The van der Waals surface area contributed by atoms with Crippen molar-refractivity contribution in [2.75, 3.05) is 0 Å². The molecule has 0 aliphatic carbocycles. The van der Waals surface area contributed by atoms with E-state index in [4.69, 9.17) is 0 Å². The van der Waals surface area contributed by atoms with Crippen molar-refractivity contribution < 1.29 is 0 Å². The van der Waals surface area contributed by atoms with Crippen LogP contribution in [0.5, 0.6) is 0 Å². The van der Waals surface area contributed by atoms with Gasteiger partial charge in [-0.15, -0.1) is 0 Å². The van der Waals surface area contributed by atoms with Crippen LogP contribution >= 0.6 is 0 Å². The highest BCUT2D eigenvalue weighted by atomic mass is 14.0. The number of hydrogen-bond acceptors (Lipinski definition) is 0. The van der Waals surface area contributed by atoms with E-state index in [-0.39, 0.29) is 0 Å². The normalized spacial score (nSPS) is 8.72. The zero-order valence-corrected chi connectivity index (χ0v) is 10.4. The van der Waals surface area contributed by atoms with Gasteiger partial charge in [-0.3, -0.25) is 0 Å². The van der Waals surface area contributed by atoms with Crippen LogP contribution in [0.1, 0.15) is 18.1 Å². The number of benzene rings is 2. The van der Waals surface area contributed by atoms with E-state index < -0.39 is 0 Å². The first-order valence-electron chi connectivity index (χ1n) is 5.94. The second kappa shape index (κ2) is 6.30. The minimum absolute atomic E-state index is 1.03. The van der Waals surface area contributed by atoms with E-state index in [1.165, 1.54) is 0 Å². The molecule has 0 unspecified atom stereocenters. The molecule has 0 nitrogen and oxygen atoms in total. The summed E-state index contributed by atoms with van der Waals surface area (Å²) in [4.78, 5) is 0. The van der Waals surface area contributed by atoms with Crippen LogP contribution in [0, 0.1) is 0 Å². The molecule has 0 heterocycles. The van der Waals surface area contributed by atoms with Crippen LogP contribution in [0.3, 0.4) is 0 Å². The van der Waals surface area contributed by atoms with Crippen LogP contribution in [-0.2, 0) is 0 Å². The Morgan fingerprint density at radius 2 is 1.33 bits per heavy atom. The molecular weight excluding hydrogens is 216 g/mol. The third-order valence-corrected chi connectivity index (χ3v) is 2.53. The predicted octanol–water partition coefficient (Wildman–Crippen LogP) is 4.60. The van der Waals surface area contributed by atoms with Gasteiger partial charge in [0.15, 0.2) is 0 Å². The maximum Gasteiger partial charge on any atom is 0.0400 e. The van der Waals surface area contributed by atoms with Crippen LogP contribution in [-0.4, -0.2) is 0 Å². The fourth-order valence-electron chi connectivity index (χ4n) is 1.69. The molecule has 0 heteroatoms. The third-order valence-electron chi connectivity index (χ3n) is 2.53. The predicted molar refractivity (Wildman–Crippen MR) is 76.2 cm³/mol. The van der Waals surface area contributed by atoms with E-state index >= 15 is 0 Å². The Morgan fingerprint density at radius 3 is 1.78 bits per heavy atom. The van der Waals surface area contributed by atoms with Gasteiger partial charge < -0.3 is 0 Å². The zero-order chi connectivity index (χ0) is 12.6. The molecule has 0 spiro atoms. The summed E-state index contributed by atoms with van der Waals surface area (Å²) in [6.07, 6.45) is 1.82. The Bertz CT molecular complexity index is 587. The number of rotatable bonds is 2. The molecule has 2 rings (SSSR count). The quantitative estimate of drug-likeness (QED) is 0.661. The van der Waals surface area contributed by atoms with E-state index in [1.54, 1.807) is 0 Å². The molecule has 0 atom stereocenters. The molecule has 0 aliphatic heterocycles. The van der Waals surface area contributed by atoms with Crippen LogP contribution in [0.25, 0.3) is 5.57 Å². The summed E-state index contributed by atoms with van der Waals surface area (Å²) >= 11 is 0. The van der Waals surface area contributed by atoms with Crippen LogP contribution < -0.4 is 0 Å². The van der Waals surface area contributed by atoms with Gasteiger partial charge in [0.05, 0.1) is 0 Å². The number of allylic oxidation sites excluding steroid dienone is 1. The fourth-order valence-corrected chi connectivity index (χ4v) is 1.69. The molecule has 0 radical (unpaired) electrons. The third kappa shape index (κ3) is 3.01. The Balaban J connectivity index is 2.64. The van der Waals surface area contributed by atoms with Crippen LogP contribution in [0.15, 0.2) is 83.9 Å². The van der Waals surface area contributed by atoms with Gasteiger partial charge in [-0.25, -0.2) is 0 Å². The summed E-state index contributed by atoms with van der Waals surface area (Å²) in [5.74, 6) is 0. The average molecular weight is 230 g/mol. The Labute approximate surface area is 108 Å². The van der Waals surface area contributed by atoms with Crippen molar-refractivity contribution in [1.82, 2.24) is 0 Å². The van der Waals surface area contributed by atoms with Gasteiger partial charge >= 0.3 is 0 Å². The molecule has 0 amide bonds. The topological polar surface area (TPSA) is 0 Å². The molecule has 86 valence electrons. The van der Waals surface area contributed by atoms with Gasteiger partial charge in [-0.05, 0) is 29.9 Å². The largest absolute Gasteiger partial charge is 0.0661 e. The van der Waals surface area contributed by atoms with Crippen LogP contribution in [0.4, 0.5) is 0 Å². The van der Waals surface area contributed by atoms with Crippen molar-refractivity contribution in [2.24, 2.45) is 0 Å². The summed E-state index contributed by atoms with van der Waals surface area (Å²) in [6.45, 7) is 1.92. The molecule has 0 saturated heterocycles. The van der Waals surface area contributed by atoms with E-state index in [0.717, 1.165) is 16.7 Å². The van der Waals surface area contributed by atoms with Gasteiger partial charge in [0, 0.05) is 5.57 Å². The highest BCUT2D eigenvalue weighted by Crippen LogP contribution is 2.21. The lowest BCUT2D eigenvalue weighted by Crippen LogP contribution is -1.85. The van der Waals surface area contributed by atoms with E-state index in [1.807, 2.05) is 49.4 Å². The molecule has 18 heavy (non-hydrogen) atoms. The first-order chi connectivity index (χ1) is 8.92. The van der Waals surface area contributed by atoms with Gasteiger partial charge in [-0.2, -0.15) is 0 Å². The fraction of sp³-hybridized carbons (Fsp3) is 0.0556. The Hall–Kier alpha value is -2.48. The van der Waals surface area contributed by atoms with Crippen molar-refractivity contribution in [2.45, 2.75) is 6.92 Å². The zero-order valence-electron chi connectivity index (χ0n) is 10.4. The lowest BCUT2D eigenvalue weighted by atomic mass is 9.99. The second-order valence-electron chi connectivity index (χ2n) is 3.79. The highest BCUT2D eigenvalue weighted by molar-refractivity contribution is 5.79. The molecule has 2 aromatic carbocycles. The molecular formula is C18H14. The second-order valence-corrected chi connectivity index (χ2v) is 3.79. The minimum Gasteiger partial charge on any atom is -0.0661 e. The lowest BCUT2D eigenvalue weighted by Gasteiger charge is -2.04. The van der Waals surface area contributed by atoms with Crippen molar-refractivity contribution in [3.63, 3.8) is 0 Å². The van der Waals surface area contributed by atoms with Crippen molar-refractivity contribution in [3.05, 3.63) is 95.1 Å². The van der Waals surface area contributed by atoms with Crippen molar-refractivity contribution in [1.29, 1.82) is 0 Å². The smallest absolute Gasteiger partial charge is 0.0400 e. The van der Waals surface area contributed by atoms with Gasteiger partial charge in [0.25, 0.3) is 0 Å². The first-order valence-corrected chi connectivity index (χ1v) is 5.94. The summed E-state index contributed by atoms with van der Waals surface area (Å²) in [5, 5.41) is 0. The molecule has 0 fully saturated rings. The molecule has 2 aromatic rings. The molecule has 0 saturated carbocycles. The Kier molecular flexibility index (Phi) is 4.20. The van der Waals surface area contributed by atoms with E-state index in [2.05, 4.69) is 41.5 Å². The SMILES string of the molecule is CC=C=C=C=C(c1ccccc1)c1ccccc1. The van der Waals surface area contributed by atoms with Gasteiger partial charge in [-0.1, -0.05) is 72.1 Å². The molecule has 0 N–H and O–H groups in total. The average Bonchev–Trinajstić information content (AvgIpc) is 2.46. The first kappa shape index (κ1) is 12.0. The number of hydrogen-bond donors (Lipinski definition) is 0. The summed E-state index contributed by atoms with van der Waals surface area (Å²) in [7, 11) is 0. The minimum atomic E-state index is 1.03. The maximum atomic E-state index is 3.18. The summed E-state index contributed by atoms with van der Waals surface area (Å²) in [5.41, 5.74) is 12.3. The maximum absolute atomic E-state index is 3.18. The lowest BCUT2D eigenvalue weighted by molar-refractivity contribution is 1.55. The van der Waals surface area contributed by atoms with Crippen molar-refractivity contribution in [3.8, 4) is 0 Å². The summed E-state index contributed by atoms with van der Waals surface area (Å²) < 4.78 is 0. The monoisotopic (exact) mass is 230 g/mol. The molecule has 0 aliphatic rings. The van der Waals surface area contributed by atoms with Crippen molar-refractivity contribution >= 4 is 5.57 Å². The summed E-state index contributed by atoms with van der Waals surface area (Å²) in [6, 6.07) is 20.4.